The Morgan fingerprint density at radius 3 is 2.43 bits per heavy atom. The number of benzene rings is 2. The fourth-order valence-electron chi connectivity index (χ4n) is 3.24. The van der Waals surface area contributed by atoms with Gasteiger partial charge in [0.15, 0.2) is 11.5 Å². The van der Waals surface area contributed by atoms with E-state index in [1.54, 1.807) is 17.0 Å². The number of ether oxygens (including phenoxy) is 2. The van der Waals surface area contributed by atoms with Crippen LogP contribution in [0.1, 0.15) is 40.0 Å². The molecule has 6 nitrogen and oxygen atoms in total. The predicted molar refractivity (Wildman–Crippen MR) is 109 cm³/mol. The number of amides is 2. The first-order valence-electron chi connectivity index (χ1n) is 9.42. The van der Waals surface area contributed by atoms with Gasteiger partial charge >= 0.3 is 6.61 Å². The Bertz CT molecular complexity index is 933. The minimum atomic E-state index is -3.05. The summed E-state index contributed by atoms with van der Waals surface area (Å²) in [5.41, 5.74) is 0.831. The molecule has 1 fully saturated rings. The third kappa shape index (κ3) is 5.18. The van der Waals surface area contributed by atoms with Gasteiger partial charge in [-0.25, -0.2) is 0 Å². The maximum absolute atomic E-state index is 12.6. The van der Waals surface area contributed by atoms with Gasteiger partial charge in [0.2, 0.25) is 0 Å². The van der Waals surface area contributed by atoms with Crippen LogP contribution in [0.4, 0.5) is 14.5 Å². The van der Waals surface area contributed by atoms with Crippen molar-refractivity contribution in [2.75, 3.05) is 25.5 Å². The summed E-state index contributed by atoms with van der Waals surface area (Å²) in [5.74, 6) is -0.861. The molecule has 0 atom stereocenters. The molecule has 1 heterocycles. The van der Waals surface area contributed by atoms with Gasteiger partial charge in [-0.2, -0.15) is 8.78 Å². The highest BCUT2D eigenvalue weighted by Gasteiger charge is 2.21. The maximum atomic E-state index is 12.6. The average molecular weight is 439 g/mol. The molecule has 0 spiro atoms. The summed E-state index contributed by atoms with van der Waals surface area (Å²) >= 11 is 6.28. The second-order valence-corrected chi connectivity index (χ2v) is 7.15. The summed E-state index contributed by atoms with van der Waals surface area (Å²) in [6, 6.07) is 8.56. The number of alkyl halides is 2. The summed E-state index contributed by atoms with van der Waals surface area (Å²) in [6.45, 7) is -1.65. The molecule has 9 heteroatoms. The highest BCUT2D eigenvalue weighted by atomic mass is 35.5. The molecule has 0 aromatic heterocycles. The molecule has 0 aliphatic carbocycles. The Morgan fingerprint density at radius 2 is 1.80 bits per heavy atom. The van der Waals surface area contributed by atoms with E-state index in [1.165, 1.54) is 25.3 Å². The minimum Gasteiger partial charge on any atom is -0.493 e. The Morgan fingerprint density at radius 1 is 1.07 bits per heavy atom. The second-order valence-electron chi connectivity index (χ2n) is 6.75. The van der Waals surface area contributed by atoms with Crippen molar-refractivity contribution < 1.29 is 27.8 Å². The van der Waals surface area contributed by atoms with E-state index in [4.69, 9.17) is 16.3 Å². The number of likely N-dealkylation sites (tertiary alicyclic amines) is 1. The lowest BCUT2D eigenvalue weighted by Gasteiger charge is -2.27. The van der Waals surface area contributed by atoms with Crippen molar-refractivity contribution >= 4 is 29.1 Å². The number of rotatable bonds is 6. The van der Waals surface area contributed by atoms with E-state index in [9.17, 15) is 18.4 Å². The number of anilines is 1. The first-order chi connectivity index (χ1) is 14.4. The Balaban J connectivity index is 1.74. The van der Waals surface area contributed by atoms with Crippen LogP contribution in [-0.4, -0.2) is 43.5 Å². The third-order valence-electron chi connectivity index (χ3n) is 4.74. The zero-order valence-electron chi connectivity index (χ0n) is 16.3. The van der Waals surface area contributed by atoms with Crippen LogP contribution < -0.4 is 14.8 Å². The molecule has 0 radical (unpaired) electrons. The number of hydrogen-bond acceptors (Lipinski definition) is 4. The van der Waals surface area contributed by atoms with Gasteiger partial charge in [-0.15, -0.1) is 0 Å². The molecule has 0 unspecified atom stereocenters. The summed E-state index contributed by atoms with van der Waals surface area (Å²) in [4.78, 5) is 26.9. The lowest BCUT2D eigenvalue weighted by molar-refractivity contribution is -0.0512. The lowest BCUT2D eigenvalue weighted by atomic mass is 10.1. The number of nitrogens with zero attached hydrogens (tertiary/aromatic N) is 1. The van der Waals surface area contributed by atoms with E-state index in [1.807, 2.05) is 0 Å². The smallest absolute Gasteiger partial charge is 0.387 e. The maximum Gasteiger partial charge on any atom is 0.387 e. The standard InChI is InChI=1S/C21H21ClF2N2O4/c1-29-17-8-5-13(11-18(17)30-21(23)24)19(27)25-14-6-7-15(16(22)12-14)20(28)26-9-3-2-4-10-26/h5-8,11-12,21H,2-4,9-10H2,1H3,(H,25,27). The van der Waals surface area contributed by atoms with Crippen LogP contribution in [0.25, 0.3) is 0 Å². The van der Waals surface area contributed by atoms with Crippen LogP contribution in [0.15, 0.2) is 36.4 Å². The predicted octanol–water partition coefficient (Wildman–Crippen LogP) is 4.83. The molecular formula is C21H21ClF2N2O4. The quantitative estimate of drug-likeness (QED) is 0.701. The van der Waals surface area contributed by atoms with Crippen LogP contribution in [0.2, 0.25) is 5.02 Å². The summed E-state index contributed by atoms with van der Waals surface area (Å²) in [7, 11) is 1.31. The molecule has 1 aliphatic rings. The zero-order valence-corrected chi connectivity index (χ0v) is 17.0. The lowest BCUT2D eigenvalue weighted by Crippen LogP contribution is -2.35. The fraction of sp³-hybridized carbons (Fsp3) is 0.333. The normalized spacial score (nSPS) is 13.8. The second kappa shape index (κ2) is 9.75. The number of nitrogens with one attached hydrogen (secondary N) is 1. The van der Waals surface area contributed by atoms with Crippen molar-refractivity contribution in [2.45, 2.75) is 25.9 Å². The van der Waals surface area contributed by atoms with E-state index < -0.39 is 12.5 Å². The van der Waals surface area contributed by atoms with Crippen LogP contribution >= 0.6 is 11.6 Å². The molecule has 160 valence electrons. The van der Waals surface area contributed by atoms with Gasteiger partial charge in [0.1, 0.15) is 0 Å². The van der Waals surface area contributed by atoms with Gasteiger partial charge in [-0.05, 0) is 55.7 Å². The van der Waals surface area contributed by atoms with E-state index in [-0.39, 0.29) is 28.0 Å². The van der Waals surface area contributed by atoms with E-state index >= 15 is 0 Å². The number of carbonyl (C=O) groups excluding carboxylic acids is 2. The van der Waals surface area contributed by atoms with Crippen molar-refractivity contribution in [1.82, 2.24) is 4.90 Å². The highest BCUT2D eigenvalue weighted by molar-refractivity contribution is 6.34. The first kappa shape index (κ1) is 21.8. The topological polar surface area (TPSA) is 67.9 Å². The molecule has 0 bridgehead atoms. The van der Waals surface area contributed by atoms with Crippen LogP contribution in [0, 0.1) is 0 Å². The molecule has 0 saturated carbocycles. The number of halogens is 3. The van der Waals surface area contributed by atoms with Gasteiger partial charge in [-0.1, -0.05) is 11.6 Å². The van der Waals surface area contributed by atoms with Gasteiger partial charge in [0.05, 0.1) is 17.7 Å². The van der Waals surface area contributed by atoms with E-state index in [2.05, 4.69) is 10.1 Å². The molecule has 3 rings (SSSR count). The van der Waals surface area contributed by atoms with Crippen molar-refractivity contribution in [3.8, 4) is 11.5 Å². The Labute approximate surface area is 177 Å². The van der Waals surface area contributed by atoms with Crippen molar-refractivity contribution in [2.24, 2.45) is 0 Å². The SMILES string of the molecule is COc1ccc(C(=O)Nc2ccc(C(=O)N3CCCCC3)c(Cl)c2)cc1OC(F)F. The molecule has 1 saturated heterocycles. The molecular weight excluding hydrogens is 418 g/mol. The Kier molecular flexibility index (Phi) is 7.10. The molecule has 1 N–H and O–H groups in total. The largest absolute Gasteiger partial charge is 0.493 e. The fourth-order valence-corrected chi connectivity index (χ4v) is 3.50. The van der Waals surface area contributed by atoms with E-state index in [0.717, 1.165) is 25.3 Å². The highest BCUT2D eigenvalue weighted by Crippen LogP contribution is 2.30. The van der Waals surface area contributed by atoms with Gasteiger partial charge in [0.25, 0.3) is 11.8 Å². The van der Waals surface area contributed by atoms with Crippen molar-refractivity contribution in [3.63, 3.8) is 0 Å². The van der Waals surface area contributed by atoms with Gasteiger partial charge < -0.3 is 19.7 Å². The molecule has 2 aromatic carbocycles. The van der Waals surface area contributed by atoms with Crippen LogP contribution in [0.5, 0.6) is 11.5 Å². The van der Waals surface area contributed by atoms with E-state index in [0.29, 0.717) is 24.3 Å². The third-order valence-corrected chi connectivity index (χ3v) is 5.06. The van der Waals surface area contributed by atoms with Gasteiger partial charge in [0, 0.05) is 24.3 Å². The molecule has 30 heavy (non-hydrogen) atoms. The van der Waals surface area contributed by atoms with Crippen molar-refractivity contribution in [3.05, 3.63) is 52.5 Å². The first-order valence-corrected chi connectivity index (χ1v) is 9.80. The van der Waals surface area contributed by atoms with Crippen LogP contribution in [-0.2, 0) is 0 Å². The van der Waals surface area contributed by atoms with Gasteiger partial charge in [-0.3, -0.25) is 9.59 Å². The number of hydrogen-bond donors (Lipinski definition) is 1. The minimum absolute atomic E-state index is 0.0791. The summed E-state index contributed by atoms with van der Waals surface area (Å²) < 4.78 is 34.5. The monoisotopic (exact) mass is 438 g/mol. The van der Waals surface area contributed by atoms with Crippen molar-refractivity contribution in [1.29, 1.82) is 0 Å². The average Bonchev–Trinajstić information content (AvgIpc) is 2.73. The summed E-state index contributed by atoms with van der Waals surface area (Å²) in [5, 5.41) is 2.85. The number of piperidine rings is 1. The molecule has 1 aliphatic heterocycles. The summed E-state index contributed by atoms with van der Waals surface area (Å²) in [6.07, 6.45) is 3.05. The Hall–Kier alpha value is -2.87. The molecule has 2 amide bonds. The number of carbonyl (C=O) groups is 2. The zero-order chi connectivity index (χ0) is 21.7. The van der Waals surface area contributed by atoms with Crippen LogP contribution in [0.3, 0.4) is 0 Å². The number of methoxy groups -OCH3 is 1. The molecule has 2 aromatic rings.